The summed E-state index contributed by atoms with van der Waals surface area (Å²) < 4.78 is 8.21. The zero-order chi connectivity index (χ0) is 17.1. The van der Waals surface area contributed by atoms with E-state index in [-0.39, 0.29) is 18.9 Å². The predicted molar refractivity (Wildman–Crippen MR) is 97.9 cm³/mol. The minimum Gasteiger partial charge on any atom is -0.493 e. The fourth-order valence-electron chi connectivity index (χ4n) is 2.24. The van der Waals surface area contributed by atoms with Crippen molar-refractivity contribution in [1.82, 2.24) is 4.57 Å². The molecule has 124 valence electrons. The zero-order valence-corrected chi connectivity index (χ0v) is 15.2. The highest BCUT2D eigenvalue weighted by Crippen LogP contribution is 2.29. The van der Waals surface area contributed by atoms with Gasteiger partial charge in [-0.05, 0) is 24.3 Å². The summed E-state index contributed by atoms with van der Waals surface area (Å²) in [5.41, 5.74) is 0.818. The van der Waals surface area contributed by atoms with Crippen molar-refractivity contribution < 1.29 is 9.53 Å². The first kappa shape index (κ1) is 17.0. The molecule has 1 amide bonds. The van der Waals surface area contributed by atoms with Gasteiger partial charge in [-0.3, -0.25) is 4.79 Å². The van der Waals surface area contributed by atoms with Crippen molar-refractivity contribution in [1.29, 1.82) is 0 Å². The van der Waals surface area contributed by atoms with Crippen molar-refractivity contribution in [2.45, 2.75) is 6.42 Å². The zero-order valence-electron chi connectivity index (χ0n) is 12.8. The van der Waals surface area contributed by atoms with Gasteiger partial charge in [-0.1, -0.05) is 52.7 Å². The number of benzene rings is 2. The Kier molecular flexibility index (Phi) is 5.23. The molecule has 2 aromatic carbocycles. The van der Waals surface area contributed by atoms with Gasteiger partial charge in [0.1, 0.15) is 5.75 Å². The second-order valence-electron chi connectivity index (χ2n) is 5.10. The molecule has 0 N–H and O–H groups in total. The molecule has 24 heavy (non-hydrogen) atoms. The summed E-state index contributed by atoms with van der Waals surface area (Å²) in [6, 6.07) is 12.9. The van der Waals surface area contributed by atoms with E-state index in [0.717, 1.165) is 16.0 Å². The van der Waals surface area contributed by atoms with Gasteiger partial charge in [0.05, 0.1) is 28.3 Å². The van der Waals surface area contributed by atoms with E-state index in [2.05, 4.69) is 4.99 Å². The lowest BCUT2D eigenvalue weighted by atomic mass is 10.3. The third kappa shape index (κ3) is 3.80. The van der Waals surface area contributed by atoms with Crippen LogP contribution in [0.15, 0.2) is 47.5 Å². The van der Waals surface area contributed by atoms with Gasteiger partial charge in [-0.15, -0.1) is 0 Å². The Labute approximate surface area is 152 Å². The molecule has 0 saturated heterocycles. The van der Waals surface area contributed by atoms with Gasteiger partial charge in [0.15, 0.2) is 4.80 Å². The van der Waals surface area contributed by atoms with Crippen molar-refractivity contribution in [3.63, 3.8) is 0 Å². The molecule has 0 atom stereocenters. The van der Waals surface area contributed by atoms with Gasteiger partial charge in [-0.25, -0.2) is 0 Å². The molecule has 3 aromatic rings. The number of rotatable bonds is 4. The normalized spacial score (nSPS) is 11.9. The Bertz CT molecular complexity index is 948. The Morgan fingerprint density at radius 1 is 1.25 bits per heavy atom. The summed E-state index contributed by atoms with van der Waals surface area (Å²) in [5.74, 6) is 0.495. The van der Waals surface area contributed by atoms with Crippen molar-refractivity contribution in [2.24, 2.45) is 12.0 Å². The van der Waals surface area contributed by atoms with Gasteiger partial charge < -0.3 is 9.30 Å². The quantitative estimate of drug-likeness (QED) is 0.671. The van der Waals surface area contributed by atoms with Crippen LogP contribution < -0.4 is 9.54 Å². The smallest absolute Gasteiger partial charge is 0.251 e. The summed E-state index contributed by atoms with van der Waals surface area (Å²) in [6.07, 6.45) is 0.206. The van der Waals surface area contributed by atoms with Crippen LogP contribution >= 0.6 is 34.5 Å². The molecule has 1 heterocycles. The largest absolute Gasteiger partial charge is 0.493 e. The van der Waals surface area contributed by atoms with Crippen molar-refractivity contribution in [3.05, 3.63) is 57.3 Å². The van der Waals surface area contributed by atoms with E-state index in [1.54, 1.807) is 10.6 Å². The van der Waals surface area contributed by atoms with Crippen LogP contribution in [0.1, 0.15) is 6.42 Å². The van der Waals surface area contributed by atoms with E-state index in [1.165, 1.54) is 11.3 Å². The first-order valence-electron chi connectivity index (χ1n) is 7.24. The minimum atomic E-state index is -0.240. The van der Waals surface area contributed by atoms with E-state index in [0.29, 0.717) is 14.8 Å². The molecule has 0 fully saturated rings. The van der Waals surface area contributed by atoms with Gasteiger partial charge in [0, 0.05) is 12.1 Å². The Morgan fingerprint density at radius 3 is 2.75 bits per heavy atom. The van der Waals surface area contributed by atoms with Crippen LogP contribution in [0.3, 0.4) is 0 Å². The number of halogens is 2. The number of aromatic nitrogens is 1. The maximum Gasteiger partial charge on any atom is 0.251 e. The number of carbonyl (C=O) groups is 1. The number of hydrogen-bond acceptors (Lipinski definition) is 3. The Balaban J connectivity index is 1.76. The fourth-order valence-corrected chi connectivity index (χ4v) is 4.08. The first-order valence-corrected chi connectivity index (χ1v) is 8.82. The lowest BCUT2D eigenvalue weighted by Gasteiger charge is -2.03. The summed E-state index contributed by atoms with van der Waals surface area (Å²) in [6.45, 7) is 0.285. The van der Waals surface area contributed by atoms with Gasteiger partial charge in [0.25, 0.3) is 5.91 Å². The molecule has 4 nitrogen and oxygen atoms in total. The number of amides is 1. The summed E-state index contributed by atoms with van der Waals surface area (Å²) in [5, 5.41) is 1.10. The highest BCUT2D eigenvalue weighted by Gasteiger charge is 2.10. The van der Waals surface area contributed by atoms with Crippen LogP contribution in [-0.2, 0) is 11.8 Å². The number of hydrogen-bond donors (Lipinski definition) is 0. The van der Waals surface area contributed by atoms with E-state index >= 15 is 0 Å². The van der Waals surface area contributed by atoms with Crippen molar-refractivity contribution >= 4 is 50.7 Å². The molecule has 0 spiro atoms. The van der Waals surface area contributed by atoms with Crippen LogP contribution in [0.5, 0.6) is 5.75 Å². The van der Waals surface area contributed by atoms with E-state index in [4.69, 9.17) is 27.9 Å². The van der Waals surface area contributed by atoms with Crippen LogP contribution in [0, 0.1) is 0 Å². The standard InChI is InChI=1S/C17H14Cl2N2O2S/c1-21-16-13(19)9-11(18)10-14(16)24-17(21)20-15(22)7-8-23-12-5-3-2-4-6-12/h2-6,9-10H,7-8H2,1H3. The van der Waals surface area contributed by atoms with Crippen molar-refractivity contribution in [2.75, 3.05) is 6.61 Å². The Hall–Kier alpha value is -1.82. The molecule has 0 aliphatic carbocycles. The molecular weight excluding hydrogens is 367 g/mol. The second kappa shape index (κ2) is 7.38. The average Bonchev–Trinajstić information content (AvgIpc) is 2.84. The molecule has 0 radical (unpaired) electrons. The SMILES string of the molecule is Cn1c(=NC(=O)CCOc2ccccc2)sc2cc(Cl)cc(Cl)c21. The third-order valence-corrected chi connectivity index (χ3v) is 4.95. The fraction of sp³-hybridized carbons (Fsp3) is 0.176. The molecule has 0 aliphatic heterocycles. The molecule has 3 rings (SSSR count). The molecule has 0 saturated carbocycles. The summed E-state index contributed by atoms with van der Waals surface area (Å²) in [4.78, 5) is 16.8. The molecule has 0 bridgehead atoms. The van der Waals surface area contributed by atoms with E-state index in [9.17, 15) is 4.79 Å². The average molecular weight is 381 g/mol. The molecular formula is C17H14Cl2N2O2S. The van der Waals surface area contributed by atoms with E-state index < -0.39 is 0 Å². The molecule has 0 unspecified atom stereocenters. The van der Waals surface area contributed by atoms with Gasteiger partial charge >= 0.3 is 0 Å². The topological polar surface area (TPSA) is 43.6 Å². The second-order valence-corrected chi connectivity index (χ2v) is 6.95. The van der Waals surface area contributed by atoms with Crippen LogP contribution in [0.2, 0.25) is 10.0 Å². The maximum atomic E-state index is 12.1. The number of thiazole rings is 1. The number of para-hydroxylation sites is 1. The maximum absolute atomic E-state index is 12.1. The van der Waals surface area contributed by atoms with Gasteiger partial charge in [-0.2, -0.15) is 4.99 Å². The summed E-state index contributed by atoms with van der Waals surface area (Å²) in [7, 11) is 1.82. The predicted octanol–water partition coefficient (Wildman–Crippen LogP) is 4.44. The lowest BCUT2D eigenvalue weighted by Crippen LogP contribution is -2.14. The Morgan fingerprint density at radius 2 is 2.00 bits per heavy atom. The van der Waals surface area contributed by atoms with Gasteiger partial charge in [0.2, 0.25) is 0 Å². The number of fused-ring (bicyclic) bond motifs is 1. The monoisotopic (exact) mass is 380 g/mol. The third-order valence-electron chi connectivity index (χ3n) is 3.36. The molecule has 1 aromatic heterocycles. The van der Waals surface area contributed by atoms with Crippen molar-refractivity contribution in [3.8, 4) is 5.75 Å². The number of carbonyl (C=O) groups excluding carboxylic acids is 1. The number of aryl methyl sites for hydroxylation is 1. The van der Waals surface area contributed by atoms with Crippen LogP contribution in [0.25, 0.3) is 10.2 Å². The highest BCUT2D eigenvalue weighted by atomic mass is 35.5. The number of nitrogens with zero attached hydrogens (tertiary/aromatic N) is 2. The number of ether oxygens (including phenoxy) is 1. The lowest BCUT2D eigenvalue weighted by molar-refractivity contribution is -0.118. The van der Waals surface area contributed by atoms with Crippen LogP contribution in [0.4, 0.5) is 0 Å². The summed E-state index contributed by atoms with van der Waals surface area (Å²) >= 11 is 13.6. The van der Waals surface area contributed by atoms with Crippen LogP contribution in [-0.4, -0.2) is 17.1 Å². The van der Waals surface area contributed by atoms with E-state index in [1.807, 2.05) is 43.4 Å². The molecule has 7 heteroatoms. The highest BCUT2D eigenvalue weighted by molar-refractivity contribution is 7.16. The molecule has 0 aliphatic rings. The minimum absolute atomic E-state index is 0.206. The first-order chi connectivity index (χ1) is 11.5.